The Bertz CT molecular complexity index is 838. The molecule has 0 amide bonds. The number of ether oxygens (including phenoxy) is 1. The average Bonchev–Trinajstić information content (AvgIpc) is 3.21. The molecule has 5 fully saturated rings. The Morgan fingerprint density at radius 1 is 0.842 bits per heavy atom. The number of rotatable bonds is 6. The lowest BCUT2D eigenvalue weighted by atomic mass is 9.43. The van der Waals surface area contributed by atoms with Gasteiger partial charge in [0, 0.05) is 13.7 Å². The van der Waals surface area contributed by atoms with Crippen molar-refractivity contribution < 1.29 is 28.1 Å². The fourth-order valence-corrected chi connectivity index (χ4v) is 11.0. The highest BCUT2D eigenvalue weighted by molar-refractivity contribution is 5.11. The normalized spacial score (nSPS) is 50.1. The van der Waals surface area contributed by atoms with E-state index in [2.05, 4.69) is 20.8 Å². The lowest BCUT2D eigenvalue weighted by molar-refractivity contribution is -0.290. The van der Waals surface area contributed by atoms with Crippen molar-refractivity contribution in [1.82, 2.24) is 0 Å². The molecule has 6 heteroatoms. The minimum atomic E-state index is -4.53. The maximum Gasteiger partial charge on any atom is 0.417 e. The van der Waals surface area contributed by atoms with Crippen LogP contribution in [-0.4, -0.2) is 41.3 Å². The van der Waals surface area contributed by atoms with Crippen LogP contribution in [-0.2, 0) is 4.74 Å². The molecule has 5 aliphatic rings. The summed E-state index contributed by atoms with van der Waals surface area (Å²) in [6, 6.07) is 0. The molecule has 0 aromatic carbocycles. The van der Waals surface area contributed by atoms with Gasteiger partial charge in [0.1, 0.15) is 0 Å². The van der Waals surface area contributed by atoms with E-state index in [4.69, 9.17) is 4.74 Å². The van der Waals surface area contributed by atoms with Gasteiger partial charge < -0.3 is 14.9 Å². The first kappa shape index (κ1) is 29.2. The Hall–Kier alpha value is -0.330. The largest absolute Gasteiger partial charge is 0.417 e. The van der Waals surface area contributed by atoms with E-state index in [0.717, 1.165) is 64.4 Å². The predicted molar refractivity (Wildman–Crippen MR) is 143 cm³/mol. The predicted octanol–water partition coefficient (Wildman–Crippen LogP) is 7.92. The Morgan fingerprint density at radius 3 is 2.18 bits per heavy atom. The van der Waals surface area contributed by atoms with E-state index >= 15 is 0 Å². The number of fused-ring (bicyclic) bond motifs is 5. The summed E-state index contributed by atoms with van der Waals surface area (Å²) in [5.74, 6) is 3.61. The number of halogens is 3. The number of aliphatic hydroxyl groups is 2. The molecule has 0 radical (unpaired) electrons. The third-order valence-corrected chi connectivity index (χ3v) is 13.5. The first-order valence-corrected chi connectivity index (χ1v) is 15.8. The molecule has 0 bridgehead atoms. The van der Waals surface area contributed by atoms with Crippen LogP contribution in [0.25, 0.3) is 0 Å². The summed E-state index contributed by atoms with van der Waals surface area (Å²) in [4.78, 5) is 0. The SMILES string of the molecule is COC[C@H]1CC[C@@](O)(CC[C@@H](C)[C@H]2CC[C@H]3[C@@H]4CC[C@H]5C[C@](O)(C(F)(F)F)CC[C@]5(C)[C@H]4CC[C@]23C)CC1. The number of alkyl halides is 3. The quantitative estimate of drug-likeness (QED) is 0.358. The van der Waals surface area contributed by atoms with Crippen molar-refractivity contribution in [3.8, 4) is 0 Å². The van der Waals surface area contributed by atoms with Gasteiger partial charge in [-0.2, -0.15) is 13.2 Å². The van der Waals surface area contributed by atoms with Gasteiger partial charge in [-0.3, -0.25) is 0 Å². The van der Waals surface area contributed by atoms with Crippen LogP contribution >= 0.6 is 0 Å². The molecule has 0 aromatic rings. The molecular formula is C32H53F3O3. The second-order valence-corrected chi connectivity index (χ2v) is 15.3. The molecule has 0 aromatic heterocycles. The molecule has 5 saturated carbocycles. The van der Waals surface area contributed by atoms with Gasteiger partial charge in [0.15, 0.2) is 5.60 Å². The van der Waals surface area contributed by atoms with Crippen molar-refractivity contribution in [2.75, 3.05) is 13.7 Å². The summed E-state index contributed by atoms with van der Waals surface area (Å²) in [5.41, 5.74) is -2.77. The third kappa shape index (κ3) is 4.89. The summed E-state index contributed by atoms with van der Waals surface area (Å²) in [6.07, 6.45) is 8.32. The molecule has 3 nitrogen and oxygen atoms in total. The molecule has 0 saturated heterocycles. The Morgan fingerprint density at radius 2 is 1.53 bits per heavy atom. The topological polar surface area (TPSA) is 49.7 Å². The standard InChI is InChI=1S/C32H53F3O3/c1-21(9-14-30(36)15-10-22(11-16-30)20-38-4)25-7-8-26-24-6-5-23-19-31(37,32(33,34)35)18-17-28(23,2)27(24)12-13-29(25,26)3/h21-27,36-37H,5-20H2,1-4H3/t21-,22-,23+,24+,25-,26+,27+,28+,29-,30-,31+/m1/s1. The molecule has 220 valence electrons. The molecule has 0 heterocycles. The maximum absolute atomic E-state index is 13.7. The average molecular weight is 543 g/mol. The van der Waals surface area contributed by atoms with Crippen molar-refractivity contribution in [3.05, 3.63) is 0 Å². The van der Waals surface area contributed by atoms with Crippen LogP contribution in [0.15, 0.2) is 0 Å². The lowest BCUT2D eigenvalue weighted by Crippen LogP contribution is -2.59. The van der Waals surface area contributed by atoms with E-state index in [-0.39, 0.29) is 24.2 Å². The first-order chi connectivity index (χ1) is 17.7. The van der Waals surface area contributed by atoms with Gasteiger partial charge in [-0.05, 0) is 149 Å². The van der Waals surface area contributed by atoms with Gasteiger partial charge >= 0.3 is 6.18 Å². The minimum absolute atomic E-state index is 0.0238. The first-order valence-electron chi connectivity index (χ1n) is 15.8. The molecular weight excluding hydrogens is 489 g/mol. The van der Waals surface area contributed by atoms with E-state index in [1.165, 1.54) is 19.3 Å². The second kappa shape index (κ2) is 10.2. The molecule has 0 spiro atoms. The van der Waals surface area contributed by atoms with Crippen LogP contribution < -0.4 is 0 Å². The van der Waals surface area contributed by atoms with E-state index in [0.29, 0.717) is 47.3 Å². The van der Waals surface area contributed by atoms with Crippen molar-refractivity contribution >= 4 is 0 Å². The Kier molecular flexibility index (Phi) is 7.82. The lowest BCUT2D eigenvalue weighted by Gasteiger charge is -2.62. The van der Waals surface area contributed by atoms with Gasteiger partial charge in [0.05, 0.1) is 5.60 Å². The van der Waals surface area contributed by atoms with Crippen molar-refractivity contribution in [2.45, 2.75) is 134 Å². The molecule has 38 heavy (non-hydrogen) atoms. The van der Waals surface area contributed by atoms with E-state index < -0.39 is 17.4 Å². The summed E-state index contributed by atoms with van der Waals surface area (Å²) in [7, 11) is 1.76. The van der Waals surface area contributed by atoms with Gasteiger partial charge in [-0.15, -0.1) is 0 Å². The zero-order chi connectivity index (χ0) is 27.6. The van der Waals surface area contributed by atoms with E-state index in [1.807, 2.05) is 0 Å². The van der Waals surface area contributed by atoms with Crippen molar-refractivity contribution in [3.63, 3.8) is 0 Å². The van der Waals surface area contributed by atoms with Gasteiger partial charge in [0.25, 0.3) is 0 Å². The molecule has 5 aliphatic carbocycles. The minimum Gasteiger partial charge on any atom is -0.390 e. The van der Waals surface area contributed by atoms with Gasteiger partial charge in [0.2, 0.25) is 0 Å². The summed E-state index contributed by atoms with van der Waals surface area (Å²) in [6.45, 7) is 8.02. The Balaban J connectivity index is 1.22. The Labute approximate surface area is 228 Å². The fraction of sp³-hybridized carbons (Fsp3) is 1.00. The fourth-order valence-electron chi connectivity index (χ4n) is 11.0. The number of methoxy groups -OCH3 is 1. The second-order valence-electron chi connectivity index (χ2n) is 15.3. The van der Waals surface area contributed by atoms with Gasteiger partial charge in [-0.25, -0.2) is 0 Å². The molecule has 9 atom stereocenters. The smallest absolute Gasteiger partial charge is 0.390 e. The molecule has 5 rings (SSSR count). The zero-order valence-corrected chi connectivity index (χ0v) is 24.3. The molecule has 0 unspecified atom stereocenters. The van der Waals surface area contributed by atoms with Crippen LogP contribution in [0.2, 0.25) is 0 Å². The summed E-state index contributed by atoms with van der Waals surface area (Å²) >= 11 is 0. The summed E-state index contributed by atoms with van der Waals surface area (Å²) in [5, 5.41) is 21.8. The number of hydrogen-bond acceptors (Lipinski definition) is 3. The summed E-state index contributed by atoms with van der Waals surface area (Å²) < 4.78 is 46.3. The van der Waals surface area contributed by atoms with Crippen LogP contribution in [0.4, 0.5) is 13.2 Å². The van der Waals surface area contributed by atoms with E-state index in [1.54, 1.807) is 7.11 Å². The monoisotopic (exact) mass is 542 g/mol. The van der Waals surface area contributed by atoms with Crippen LogP contribution in [0.5, 0.6) is 0 Å². The van der Waals surface area contributed by atoms with E-state index in [9.17, 15) is 23.4 Å². The maximum atomic E-state index is 13.7. The highest BCUT2D eigenvalue weighted by Crippen LogP contribution is 2.69. The molecule has 0 aliphatic heterocycles. The molecule has 2 N–H and O–H groups in total. The number of hydrogen-bond donors (Lipinski definition) is 2. The highest BCUT2D eigenvalue weighted by Gasteiger charge is 2.65. The van der Waals surface area contributed by atoms with Gasteiger partial charge in [-0.1, -0.05) is 20.8 Å². The van der Waals surface area contributed by atoms with Crippen LogP contribution in [0.3, 0.4) is 0 Å². The van der Waals surface area contributed by atoms with Crippen LogP contribution in [0.1, 0.15) is 117 Å². The van der Waals surface area contributed by atoms with Crippen molar-refractivity contribution in [2.24, 2.45) is 52.3 Å². The zero-order valence-electron chi connectivity index (χ0n) is 24.3. The highest BCUT2D eigenvalue weighted by atomic mass is 19.4. The third-order valence-electron chi connectivity index (χ3n) is 13.5. The van der Waals surface area contributed by atoms with Crippen molar-refractivity contribution in [1.29, 1.82) is 0 Å². The van der Waals surface area contributed by atoms with Crippen LogP contribution in [0, 0.1) is 52.3 Å².